The van der Waals surface area contributed by atoms with Crippen LogP contribution < -0.4 is 5.32 Å². The SMILES string of the molecule is CCc1cn[nH]c1NC(=O)CCc1ccc(F)cc1. The average molecular weight is 261 g/mol. The maximum Gasteiger partial charge on any atom is 0.225 e. The molecule has 0 saturated heterocycles. The van der Waals surface area contributed by atoms with Crippen LogP contribution in [-0.2, 0) is 17.6 Å². The van der Waals surface area contributed by atoms with Gasteiger partial charge in [-0.3, -0.25) is 9.89 Å². The molecule has 5 heteroatoms. The first-order chi connectivity index (χ1) is 9.19. The number of nitrogens with one attached hydrogen (secondary N) is 2. The summed E-state index contributed by atoms with van der Waals surface area (Å²) in [5, 5.41) is 9.45. The van der Waals surface area contributed by atoms with Gasteiger partial charge in [0.15, 0.2) is 0 Å². The molecule has 0 spiro atoms. The van der Waals surface area contributed by atoms with E-state index >= 15 is 0 Å². The molecule has 1 aromatic heterocycles. The molecule has 0 aliphatic heterocycles. The number of anilines is 1. The van der Waals surface area contributed by atoms with Gasteiger partial charge in [0.1, 0.15) is 11.6 Å². The summed E-state index contributed by atoms with van der Waals surface area (Å²) in [6.07, 6.45) is 3.45. The Morgan fingerprint density at radius 2 is 2.11 bits per heavy atom. The van der Waals surface area contributed by atoms with Crippen LogP contribution in [0.5, 0.6) is 0 Å². The van der Waals surface area contributed by atoms with E-state index in [2.05, 4.69) is 15.5 Å². The van der Waals surface area contributed by atoms with Crippen LogP contribution in [0, 0.1) is 5.82 Å². The van der Waals surface area contributed by atoms with Crippen molar-refractivity contribution in [1.82, 2.24) is 10.2 Å². The Balaban J connectivity index is 1.86. The highest BCUT2D eigenvalue weighted by Gasteiger charge is 2.07. The van der Waals surface area contributed by atoms with Crippen molar-refractivity contribution in [3.8, 4) is 0 Å². The quantitative estimate of drug-likeness (QED) is 0.869. The number of hydrogen-bond donors (Lipinski definition) is 2. The zero-order valence-electron chi connectivity index (χ0n) is 10.7. The van der Waals surface area contributed by atoms with Gasteiger partial charge < -0.3 is 5.32 Å². The van der Waals surface area contributed by atoms with E-state index in [1.54, 1.807) is 18.3 Å². The van der Waals surface area contributed by atoms with Crippen LogP contribution in [-0.4, -0.2) is 16.1 Å². The summed E-state index contributed by atoms with van der Waals surface area (Å²) in [5.41, 5.74) is 1.92. The molecule has 2 aromatic rings. The Labute approximate surface area is 111 Å². The normalized spacial score (nSPS) is 10.4. The van der Waals surface area contributed by atoms with Crippen LogP contribution in [0.15, 0.2) is 30.5 Å². The number of aromatic nitrogens is 2. The molecule has 1 amide bonds. The maximum atomic E-state index is 12.7. The minimum Gasteiger partial charge on any atom is -0.311 e. The largest absolute Gasteiger partial charge is 0.311 e. The van der Waals surface area contributed by atoms with Gasteiger partial charge in [0, 0.05) is 12.0 Å². The molecule has 0 unspecified atom stereocenters. The molecule has 0 atom stereocenters. The van der Waals surface area contributed by atoms with Crippen molar-refractivity contribution in [3.05, 3.63) is 47.4 Å². The van der Waals surface area contributed by atoms with Crippen molar-refractivity contribution in [2.45, 2.75) is 26.2 Å². The molecule has 19 heavy (non-hydrogen) atoms. The lowest BCUT2D eigenvalue weighted by Gasteiger charge is -2.05. The topological polar surface area (TPSA) is 57.8 Å². The summed E-state index contributed by atoms with van der Waals surface area (Å²) in [4.78, 5) is 11.8. The number of rotatable bonds is 5. The van der Waals surface area contributed by atoms with E-state index in [1.165, 1.54) is 12.1 Å². The third kappa shape index (κ3) is 3.64. The lowest BCUT2D eigenvalue weighted by molar-refractivity contribution is -0.116. The molecule has 0 aliphatic rings. The Bertz CT molecular complexity index is 548. The average Bonchev–Trinajstić information content (AvgIpc) is 2.85. The monoisotopic (exact) mass is 261 g/mol. The third-order valence-electron chi connectivity index (χ3n) is 2.92. The fourth-order valence-corrected chi connectivity index (χ4v) is 1.80. The van der Waals surface area contributed by atoms with Crippen LogP contribution in [0.3, 0.4) is 0 Å². The van der Waals surface area contributed by atoms with Crippen molar-refractivity contribution in [2.24, 2.45) is 0 Å². The molecule has 0 fully saturated rings. The molecule has 4 nitrogen and oxygen atoms in total. The Morgan fingerprint density at radius 1 is 1.37 bits per heavy atom. The summed E-state index contributed by atoms with van der Waals surface area (Å²) >= 11 is 0. The van der Waals surface area contributed by atoms with Crippen LogP contribution in [0.2, 0.25) is 0 Å². The number of carbonyl (C=O) groups excluding carboxylic acids is 1. The second-order valence-electron chi connectivity index (χ2n) is 4.30. The highest BCUT2D eigenvalue weighted by Crippen LogP contribution is 2.12. The standard InChI is InChI=1S/C14H16FN3O/c1-2-11-9-16-18-14(11)17-13(19)8-5-10-3-6-12(15)7-4-10/h3-4,6-7,9H,2,5,8H2,1H3,(H2,16,17,18,19). The van der Waals surface area contributed by atoms with Gasteiger partial charge in [-0.1, -0.05) is 19.1 Å². The van der Waals surface area contributed by atoms with Gasteiger partial charge in [0.2, 0.25) is 5.91 Å². The highest BCUT2D eigenvalue weighted by atomic mass is 19.1. The van der Waals surface area contributed by atoms with E-state index in [-0.39, 0.29) is 11.7 Å². The molecule has 1 heterocycles. The number of aryl methyl sites for hydroxylation is 2. The van der Waals surface area contributed by atoms with E-state index in [1.807, 2.05) is 6.92 Å². The number of H-pyrrole nitrogens is 1. The zero-order valence-corrected chi connectivity index (χ0v) is 10.7. The molecule has 2 N–H and O–H groups in total. The van der Waals surface area contributed by atoms with Crippen molar-refractivity contribution in [3.63, 3.8) is 0 Å². The van der Waals surface area contributed by atoms with E-state index in [0.29, 0.717) is 18.7 Å². The maximum absolute atomic E-state index is 12.7. The Kier molecular flexibility index (Phi) is 4.28. The van der Waals surface area contributed by atoms with Crippen LogP contribution in [0.4, 0.5) is 10.2 Å². The van der Waals surface area contributed by atoms with E-state index in [9.17, 15) is 9.18 Å². The molecule has 0 bridgehead atoms. The molecule has 0 aliphatic carbocycles. The third-order valence-corrected chi connectivity index (χ3v) is 2.92. The number of aromatic amines is 1. The van der Waals surface area contributed by atoms with Gasteiger partial charge in [-0.15, -0.1) is 0 Å². The smallest absolute Gasteiger partial charge is 0.225 e. The fourth-order valence-electron chi connectivity index (χ4n) is 1.80. The molecule has 0 radical (unpaired) electrons. The van der Waals surface area contributed by atoms with Crippen molar-refractivity contribution in [2.75, 3.05) is 5.32 Å². The molecular formula is C14H16FN3O. The molecule has 1 aromatic carbocycles. The fraction of sp³-hybridized carbons (Fsp3) is 0.286. The van der Waals surface area contributed by atoms with E-state index in [0.717, 1.165) is 17.5 Å². The van der Waals surface area contributed by atoms with Gasteiger partial charge >= 0.3 is 0 Å². The predicted molar refractivity (Wildman–Crippen MR) is 71.3 cm³/mol. The van der Waals surface area contributed by atoms with Gasteiger partial charge in [-0.2, -0.15) is 5.10 Å². The zero-order chi connectivity index (χ0) is 13.7. The Morgan fingerprint density at radius 3 is 2.79 bits per heavy atom. The lowest BCUT2D eigenvalue weighted by atomic mass is 10.1. The summed E-state index contributed by atoms with van der Waals surface area (Å²) in [5.74, 6) is 0.313. The minimum atomic E-state index is -0.266. The van der Waals surface area contributed by atoms with E-state index in [4.69, 9.17) is 0 Å². The first kappa shape index (κ1) is 13.3. The van der Waals surface area contributed by atoms with Crippen LogP contribution in [0.25, 0.3) is 0 Å². The van der Waals surface area contributed by atoms with Crippen LogP contribution >= 0.6 is 0 Å². The number of amides is 1. The van der Waals surface area contributed by atoms with E-state index < -0.39 is 0 Å². The van der Waals surface area contributed by atoms with Gasteiger partial charge in [-0.05, 0) is 30.5 Å². The summed E-state index contributed by atoms with van der Waals surface area (Å²) in [6, 6.07) is 6.18. The number of benzene rings is 1. The van der Waals surface area contributed by atoms with Crippen molar-refractivity contribution in [1.29, 1.82) is 0 Å². The minimum absolute atomic E-state index is 0.0803. The molecule has 2 rings (SSSR count). The number of carbonyl (C=O) groups is 1. The summed E-state index contributed by atoms with van der Waals surface area (Å²) < 4.78 is 12.7. The Hall–Kier alpha value is -2.17. The second-order valence-corrected chi connectivity index (χ2v) is 4.30. The number of halogens is 1. The van der Waals surface area contributed by atoms with Crippen molar-refractivity contribution >= 4 is 11.7 Å². The van der Waals surface area contributed by atoms with Gasteiger partial charge in [0.25, 0.3) is 0 Å². The highest BCUT2D eigenvalue weighted by molar-refractivity contribution is 5.90. The van der Waals surface area contributed by atoms with Crippen molar-refractivity contribution < 1.29 is 9.18 Å². The second kappa shape index (κ2) is 6.13. The van der Waals surface area contributed by atoms with Crippen LogP contribution in [0.1, 0.15) is 24.5 Å². The summed E-state index contributed by atoms with van der Waals surface area (Å²) in [7, 11) is 0. The lowest BCUT2D eigenvalue weighted by Crippen LogP contribution is -2.13. The predicted octanol–water partition coefficient (Wildman–Crippen LogP) is 2.68. The molecule has 100 valence electrons. The first-order valence-corrected chi connectivity index (χ1v) is 6.25. The van der Waals surface area contributed by atoms with Gasteiger partial charge in [-0.25, -0.2) is 4.39 Å². The first-order valence-electron chi connectivity index (χ1n) is 6.25. The molecular weight excluding hydrogens is 245 g/mol. The van der Waals surface area contributed by atoms with Gasteiger partial charge in [0.05, 0.1) is 6.20 Å². The molecule has 0 saturated carbocycles. The number of hydrogen-bond acceptors (Lipinski definition) is 2. The summed E-state index contributed by atoms with van der Waals surface area (Å²) in [6.45, 7) is 2.00. The number of nitrogens with zero attached hydrogens (tertiary/aromatic N) is 1.